The van der Waals surface area contributed by atoms with Gasteiger partial charge in [-0.2, -0.15) is 0 Å². The zero-order chi connectivity index (χ0) is 14.7. The fraction of sp³-hybridized carbons (Fsp3) is 0.0769. The number of nitrogens with one attached hydrogen (secondary N) is 2. The number of aromatic nitrogens is 1. The van der Waals surface area contributed by atoms with Crippen molar-refractivity contribution >= 4 is 44.8 Å². The monoisotopic (exact) mass is 357 g/mol. The summed E-state index contributed by atoms with van der Waals surface area (Å²) in [4.78, 5) is 16.1. The summed E-state index contributed by atoms with van der Waals surface area (Å²) in [7, 11) is 1.70. The zero-order valence-corrected chi connectivity index (χ0v) is 12.7. The summed E-state index contributed by atoms with van der Waals surface area (Å²) in [6.07, 6.45) is 3.01. The summed E-state index contributed by atoms with van der Waals surface area (Å²) in [5.74, 6) is -0.881. The molecular formula is C13H10BrClFN3O. The highest BCUT2D eigenvalue weighted by atomic mass is 79.9. The van der Waals surface area contributed by atoms with Crippen LogP contribution in [-0.2, 0) is 0 Å². The minimum absolute atomic E-state index is 0.111. The number of halogens is 3. The second-order valence-corrected chi connectivity index (χ2v) is 5.13. The first-order valence-electron chi connectivity index (χ1n) is 5.60. The van der Waals surface area contributed by atoms with Gasteiger partial charge in [-0.05, 0) is 34.1 Å². The van der Waals surface area contributed by atoms with Gasteiger partial charge < -0.3 is 10.6 Å². The van der Waals surface area contributed by atoms with Crippen LogP contribution < -0.4 is 10.6 Å². The number of anilines is 2. The molecule has 1 amide bonds. The van der Waals surface area contributed by atoms with Gasteiger partial charge in [-0.25, -0.2) is 4.39 Å². The van der Waals surface area contributed by atoms with Crippen LogP contribution in [0.4, 0.5) is 15.8 Å². The molecule has 1 heterocycles. The van der Waals surface area contributed by atoms with E-state index in [4.69, 9.17) is 11.6 Å². The molecule has 2 aromatic rings. The lowest BCUT2D eigenvalue weighted by molar-refractivity contribution is 0.102. The van der Waals surface area contributed by atoms with E-state index < -0.39 is 11.7 Å². The van der Waals surface area contributed by atoms with E-state index in [2.05, 4.69) is 31.5 Å². The van der Waals surface area contributed by atoms with Crippen molar-refractivity contribution in [2.24, 2.45) is 0 Å². The van der Waals surface area contributed by atoms with Gasteiger partial charge >= 0.3 is 0 Å². The van der Waals surface area contributed by atoms with E-state index in [0.717, 1.165) is 6.07 Å². The van der Waals surface area contributed by atoms with Crippen LogP contribution >= 0.6 is 27.5 Å². The Morgan fingerprint density at radius 1 is 1.45 bits per heavy atom. The number of carbonyl (C=O) groups excluding carboxylic acids is 1. The second-order valence-electron chi connectivity index (χ2n) is 3.87. The van der Waals surface area contributed by atoms with Gasteiger partial charge in [0.2, 0.25) is 0 Å². The third-order valence-corrected chi connectivity index (χ3v) is 3.50. The number of nitrogens with zero attached hydrogens (tertiary/aromatic N) is 1. The van der Waals surface area contributed by atoms with Crippen LogP contribution in [0.1, 0.15) is 10.4 Å². The van der Waals surface area contributed by atoms with Crippen LogP contribution in [0.15, 0.2) is 35.1 Å². The van der Waals surface area contributed by atoms with Crippen molar-refractivity contribution in [1.82, 2.24) is 4.98 Å². The number of carbonyl (C=O) groups is 1. The van der Waals surface area contributed by atoms with Gasteiger partial charge in [-0.1, -0.05) is 11.6 Å². The maximum Gasteiger partial charge on any atom is 0.259 e. The number of pyridine rings is 1. The Kier molecular flexibility index (Phi) is 4.57. The van der Waals surface area contributed by atoms with E-state index in [1.54, 1.807) is 19.3 Å². The molecule has 0 unspecified atom stereocenters. The highest BCUT2D eigenvalue weighted by Gasteiger charge is 2.15. The van der Waals surface area contributed by atoms with Crippen LogP contribution in [0.5, 0.6) is 0 Å². The van der Waals surface area contributed by atoms with E-state index in [1.165, 1.54) is 12.3 Å². The first-order valence-corrected chi connectivity index (χ1v) is 6.77. The Balaban J connectivity index is 2.33. The molecule has 2 N–H and O–H groups in total. The molecule has 1 aromatic heterocycles. The smallest absolute Gasteiger partial charge is 0.259 e. The molecule has 4 nitrogen and oxygen atoms in total. The maximum absolute atomic E-state index is 13.1. The molecule has 0 saturated heterocycles. The number of hydrogen-bond acceptors (Lipinski definition) is 3. The van der Waals surface area contributed by atoms with E-state index >= 15 is 0 Å². The van der Waals surface area contributed by atoms with Gasteiger partial charge in [-0.15, -0.1) is 0 Å². The van der Waals surface area contributed by atoms with Gasteiger partial charge in [0.05, 0.1) is 16.3 Å². The minimum Gasteiger partial charge on any atom is -0.387 e. The molecule has 0 aliphatic heterocycles. The molecule has 7 heteroatoms. The molecular weight excluding hydrogens is 349 g/mol. The summed E-state index contributed by atoms with van der Waals surface area (Å²) >= 11 is 9.09. The second kappa shape index (κ2) is 6.19. The van der Waals surface area contributed by atoms with Crippen LogP contribution in [0, 0.1) is 5.82 Å². The molecule has 0 spiro atoms. The van der Waals surface area contributed by atoms with Crippen molar-refractivity contribution in [3.05, 3.63) is 51.5 Å². The number of rotatable bonds is 3. The molecule has 0 radical (unpaired) electrons. The number of hydrogen-bond donors (Lipinski definition) is 2. The lowest BCUT2D eigenvalue weighted by Crippen LogP contribution is -2.15. The molecule has 20 heavy (non-hydrogen) atoms. The topological polar surface area (TPSA) is 54.0 Å². The highest BCUT2D eigenvalue weighted by molar-refractivity contribution is 9.10. The maximum atomic E-state index is 13.1. The molecule has 104 valence electrons. The number of benzene rings is 1. The van der Waals surface area contributed by atoms with E-state index in [0.29, 0.717) is 21.4 Å². The third kappa shape index (κ3) is 3.08. The lowest BCUT2D eigenvalue weighted by Gasteiger charge is -2.11. The van der Waals surface area contributed by atoms with E-state index in [1.807, 2.05) is 0 Å². The summed E-state index contributed by atoms with van der Waals surface area (Å²) in [6, 6.07) is 4.03. The predicted octanol–water partition coefficient (Wildman–Crippen LogP) is 3.93. The van der Waals surface area contributed by atoms with Gasteiger partial charge in [0.15, 0.2) is 0 Å². The SMILES string of the molecule is CNc1ccncc1C(=O)Nc1c(Cl)cc(F)cc1Br. The summed E-state index contributed by atoms with van der Waals surface area (Å²) < 4.78 is 13.5. The first kappa shape index (κ1) is 14.7. The van der Waals surface area contributed by atoms with Crippen molar-refractivity contribution in [2.45, 2.75) is 0 Å². The van der Waals surface area contributed by atoms with Crippen molar-refractivity contribution in [1.29, 1.82) is 0 Å². The van der Waals surface area contributed by atoms with Gasteiger partial charge in [0.1, 0.15) is 5.82 Å². The Bertz CT molecular complexity index is 643. The van der Waals surface area contributed by atoms with Crippen LogP contribution in [-0.4, -0.2) is 17.9 Å². The molecule has 0 saturated carbocycles. The van der Waals surface area contributed by atoms with Crippen molar-refractivity contribution in [3.8, 4) is 0 Å². The molecule has 0 atom stereocenters. The summed E-state index contributed by atoms with van der Waals surface area (Å²) in [5.41, 5.74) is 1.30. The quantitative estimate of drug-likeness (QED) is 0.874. The normalized spacial score (nSPS) is 10.2. The highest BCUT2D eigenvalue weighted by Crippen LogP contribution is 2.32. The fourth-order valence-corrected chi connectivity index (χ4v) is 2.53. The molecule has 0 fully saturated rings. The van der Waals surface area contributed by atoms with Gasteiger partial charge in [0.25, 0.3) is 5.91 Å². The number of amides is 1. The third-order valence-electron chi connectivity index (χ3n) is 2.58. The fourth-order valence-electron chi connectivity index (χ4n) is 1.64. The Morgan fingerprint density at radius 3 is 2.85 bits per heavy atom. The average molecular weight is 359 g/mol. The van der Waals surface area contributed by atoms with Crippen LogP contribution in [0.3, 0.4) is 0 Å². The van der Waals surface area contributed by atoms with Gasteiger partial charge in [-0.3, -0.25) is 9.78 Å². The molecule has 0 aliphatic rings. The van der Waals surface area contributed by atoms with Crippen molar-refractivity contribution in [3.63, 3.8) is 0 Å². The molecule has 0 bridgehead atoms. The van der Waals surface area contributed by atoms with Crippen molar-refractivity contribution < 1.29 is 9.18 Å². The standard InChI is InChI=1S/C13H10BrClFN3O/c1-17-11-2-3-18-6-8(11)13(20)19-12-9(14)4-7(16)5-10(12)15/h2-6H,1H3,(H,17,18)(H,19,20). The Hall–Kier alpha value is -1.66. The average Bonchev–Trinajstić information content (AvgIpc) is 2.42. The van der Waals surface area contributed by atoms with Crippen molar-refractivity contribution in [2.75, 3.05) is 17.7 Å². The van der Waals surface area contributed by atoms with Gasteiger partial charge in [0, 0.05) is 29.6 Å². The Morgan fingerprint density at radius 2 is 2.20 bits per heavy atom. The molecule has 2 rings (SSSR count). The zero-order valence-electron chi connectivity index (χ0n) is 10.4. The summed E-state index contributed by atoms with van der Waals surface area (Å²) in [6.45, 7) is 0. The molecule has 1 aromatic carbocycles. The first-order chi connectivity index (χ1) is 9.52. The van der Waals surface area contributed by atoms with E-state index in [-0.39, 0.29) is 5.02 Å². The Labute approximate surface area is 128 Å². The predicted molar refractivity (Wildman–Crippen MR) is 80.8 cm³/mol. The largest absolute Gasteiger partial charge is 0.387 e. The van der Waals surface area contributed by atoms with E-state index in [9.17, 15) is 9.18 Å². The minimum atomic E-state index is -0.489. The molecule has 0 aliphatic carbocycles. The lowest BCUT2D eigenvalue weighted by atomic mass is 10.2. The van der Waals surface area contributed by atoms with Crippen LogP contribution in [0.2, 0.25) is 5.02 Å². The van der Waals surface area contributed by atoms with Crippen LogP contribution in [0.25, 0.3) is 0 Å². The summed E-state index contributed by atoms with van der Waals surface area (Å²) in [5, 5.41) is 5.64.